The number of hydrogen-bond donors (Lipinski definition) is 1. The Hall–Kier alpha value is -3.93. The van der Waals surface area contributed by atoms with Gasteiger partial charge in [-0.05, 0) is 29.0 Å². The number of fused-ring (bicyclic) bond motifs is 3. The average Bonchev–Trinajstić information content (AvgIpc) is 2.84. The Labute approximate surface area is 195 Å². The molecule has 0 fully saturated rings. The molecule has 2 nitrogen and oxygen atoms in total. The minimum atomic E-state index is -2.63. The van der Waals surface area contributed by atoms with Crippen LogP contribution in [0.15, 0.2) is 42.5 Å². The van der Waals surface area contributed by atoms with E-state index in [0.29, 0.717) is 0 Å². The third kappa shape index (κ3) is 3.28. The summed E-state index contributed by atoms with van der Waals surface area (Å²) >= 11 is 0. The molecule has 0 saturated heterocycles. The molecule has 36 heavy (non-hydrogen) atoms. The molecule has 0 heterocycles. The maximum atomic E-state index is 15.1. The summed E-state index contributed by atoms with van der Waals surface area (Å²) in [5, 5.41) is 5.87. The van der Waals surface area contributed by atoms with Gasteiger partial charge in [0, 0.05) is 10.8 Å². The van der Waals surface area contributed by atoms with Crippen molar-refractivity contribution < 1.29 is 49.2 Å². The maximum Gasteiger partial charge on any atom is 0.563 e. The summed E-state index contributed by atoms with van der Waals surface area (Å²) in [5.74, 6) is -17.9. The highest BCUT2D eigenvalue weighted by molar-refractivity contribution is 6.64. The van der Waals surface area contributed by atoms with Gasteiger partial charge in [0.05, 0.1) is 16.2 Å². The van der Waals surface area contributed by atoms with Crippen LogP contribution in [0, 0.1) is 52.4 Å². The lowest BCUT2D eigenvalue weighted by Gasteiger charge is -2.17. The monoisotopic (exact) mass is 510 g/mol. The van der Waals surface area contributed by atoms with Crippen LogP contribution in [-0.4, -0.2) is 12.1 Å². The smallest absolute Gasteiger partial charge is 0.532 e. The molecule has 5 aromatic rings. The van der Waals surface area contributed by atoms with Gasteiger partial charge < -0.3 is 9.68 Å². The number of halogens is 9. The zero-order chi connectivity index (χ0) is 26.0. The Morgan fingerprint density at radius 1 is 0.556 bits per heavy atom. The van der Waals surface area contributed by atoms with Gasteiger partial charge in [-0.3, -0.25) is 0 Å². The Balaban J connectivity index is 1.77. The van der Waals surface area contributed by atoms with Gasteiger partial charge >= 0.3 is 7.12 Å². The van der Waals surface area contributed by atoms with E-state index in [1.807, 2.05) is 0 Å². The second kappa shape index (κ2) is 8.33. The van der Waals surface area contributed by atoms with Gasteiger partial charge in [0.25, 0.3) is 0 Å². The molecule has 0 aliphatic rings. The van der Waals surface area contributed by atoms with E-state index in [2.05, 4.69) is 0 Å². The summed E-state index contributed by atoms with van der Waals surface area (Å²) in [4.78, 5) is 0. The van der Waals surface area contributed by atoms with Gasteiger partial charge in [-0.15, -0.1) is 0 Å². The third-order valence-electron chi connectivity index (χ3n) is 5.73. The molecule has 0 atom stereocenters. The van der Waals surface area contributed by atoms with Crippen molar-refractivity contribution in [1.29, 1.82) is 0 Å². The quantitative estimate of drug-likeness (QED) is 0.104. The minimum Gasteiger partial charge on any atom is -0.532 e. The average molecular weight is 510 g/mol. The van der Waals surface area contributed by atoms with Crippen LogP contribution >= 0.6 is 0 Å². The highest BCUT2D eigenvalue weighted by Crippen LogP contribution is 2.35. The van der Waals surface area contributed by atoms with Crippen molar-refractivity contribution in [3.05, 3.63) is 94.8 Å². The molecule has 1 N–H and O–H groups in total. The van der Waals surface area contributed by atoms with Crippen LogP contribution in [0.2, 0.25) is 0 Å². The highest BCUT2D eigenvalue weighted by atomic mass is 19.2. The lowest BCUT2D eigenvalue weighted by molar-refractivity contribution is 0.411. The Kier molecular flexibility index (Phi) is 5.51. The predicted octanol–water partition coefficient (Wildman–Crippen LogP) is 6.16. The van der Waals surface area contributed by atoms with Gasteiger partial charge in [-0.25, -0.2) is 39.5 Å². The van der Waals surface area contributed by atoms with Crippen LogP contribution in [0.5, 0.6) is 5.75 Å². The van der Waals surface area contributed by atoms with Crippen molar-refractivity contribution in [2.75, 3.05) is 0 Å². The highest BCUT2D eigenvalue weighted by Gasteiger charge is 2.34. The Bertz CT molecular complexity index is 1740. The molecule has 0 aromatic heterocycles. The zero-order valence-corrected chi connectivity index (χ0v) is 17.4. The molecule has 5 aromatic carbocycles. The van der Waals surface area contributed by atoms with E-state index in [1.54, 1.807) is 0 Å². The number of benzene rings is 5. The first-order valence-corrected chi connectivity index (χ1v) is 10.0. The van der Waals surface area contributed by atoms with Gasteiger partial charge in [-0.1, -0.05) is 24.3 Å². The van der Waals surface area contributed by atoms with Gasteiger partial charge in [0.1, 0.15) is 17.4 Å². The second-order valence-electron chi connectivity index (χ2n) is 7.71. The minimum absolute atomic E-state index is 0.213. The van der Waals surface area contributed by atoms with E-state index in [1.165, 1.54) is 6.07 Å². The van der Waals surface area contributed by atoms with Crippen LogP contribution < -0.4 is 10.1 Å². The van der Waals surface area contributed by atoms with Crippen molar-refractivity contribution in [2.24, 2.45) is 0 Å². The molecule has 0 radical (unpaired) electrons. The number of rotatable bonds is 3. The molecule has 0 aliphatic heterocycles. The largest absolute Gasteiger partial charge is 0.563 e. The summed E-state index contributed by atoms with van der Waals surface area (Å²) in [6, 6.07) is 6.78. The van der Waals surface area contributed by atoms with Gasteiger partial charge in [0.15, 0.2) is 40.7 Å². The third-order valence-corrected chi connectivity index (χ3v) is 5.73. The van der Waals surface area contributed by atoms with Gasteiger partial charge in [-0.2, -0.15) is 0 Å². The maximum absolute atomic E-state index is 15.1. The predicted molar refractivity (Wildman–Crippen MR) is 113 cm³/mol. The van der Waals surface area contributed by atoms with E-state index in [-0.39, 0.29) is 5.39 Å². The normalized spacial score (nSPS) is 11.6. The van der Waals surface area contributed by atoms with E-state index >= 15 is 4.39 Å². The molecule has 0 saturated carbocycles. The molecular formula is C24H8BF9O2. The molecule has 12 heteroatoms. The van der Waals surface area contributed by atoms with Crippen molar-refractivity contribution in [3.8, 4) is 5.75 Å². The molecule has 0 spiro atoms. The Morgan fingerprint density at radius 3 is 1.89 bits per heavy atom. The first-order chi connectivity index (χ1) is 17.0. The van der Waals surface area contributed by atoms with E-state index in [9.17, 15) is 40.1 Å². The van der Waals surface area contributed by atoms with E-state index in [0.717, 1.165) is 36.4 Å². The van der Waals surface area contributed by atoms with Crippen LogP contribution in [0.1, 0.15) is 0 Å². The van der Waals surface area contributed by atoms with Crippen molar-refractivity contribution >= 4 is 44.9 Å². The van der Waals surface area contributed by atoms with E-state index < -0.39 is 97.6 Å². The fourth-order valence-corrected chi connectivity index (χ4v) is 4.11. The van der Waals surface area contributed by atoms with Crippen LogP contribution in [0.4, 0.5) is 39.5 Å². The van der Waals surface area contributed by atoms with Crippen LogP contribution in [0.3, 0.4) is 0 Å². The molecule has 182 valence electrons. The fraction of sp³-hybridized carbons (Fsp3) is 0. The summed E-state index contributed by atoms with van der Waals surface area (Å²) < 4.78 is 134. The lowest BCUT2D eigenvalue weighted by Crippen LogP contribution is -2.40. The van der Waals surface area contributed by atoms with Crippen molar-refractivity contribution in [2.45, 2.75) is 0 Å². The Morgan fingerprint density at radius 2 is 1.17 bits per heavy atom. The van der Waals surface area contributed by atoms with Crippen LogP contribution in [-0.2, 0) is 0 Å². The van der Waals surface area contributed by atoms with Gasteiger partial charge in [0.2, 0.25) is 0 Å². The summed E-state index contributed by atoms with van der Waals surface area (Å²) in [7, 11) is -2.63. The van der Waals surface area contributed by atoms with Crippen molar-refractivity contribution in [3.63, 3.8) is 0 Å². The SMILES string of the molecule is OB(Oc1cccc2c(F)c(F)c(F)c(F)c12)c1c(F)c(F)c(F)c2c(F)c3c(F)cccc3cc12. The molecule has 0 amide bonds. The first kappa shape index (κ1) is 23.8. The van der Waals surface area contributed by atoms with E-state index in [4.69, 9.17) is 4.65 Å². The topological polar surface area (TPSA) is 29.5 Å². The molecule has 0 unspecified atom stereocenters. The first-order valence-electron chi connectivity index (χ1n) is 10.0. The second-order valence-corrected chi connectivity index (χ2v) is 7.71. The molecular weight excluding hydrogens is 502 g/mol. The summed E-state index contributed by atoms with van der Waals surface area (Å²) in [6.45, 7) is 0. The summed E-state index contributed by atoms with van der Waals surface area (Å²) in [6.07, 6.45) is 0. The summed E-state index contributed by atoms with van der Waals surface area (Å²) in [5.41, 5.74) is -1.17. The lowest BCUT2D eigenvalue weighted by atomic mass is 9.75. The number of hydrogen-bond acceptors (Lipinski definition) is 2. The molecule has 5 rings (SSSR count). The standard InChI is InChI=1S/C24H8BF9O2/c26-11-5-1-3-8-7-10-15(18(28)13(8)11)20(30)23(33)21(31)16(10)25(35)36-12-6-2-4-9-14(12)19(29)24(34)22(32)17(9)27/h1-7,35H. The fourth-order valence-electron chi connectivity index (χ4n) is 4.11. The van der Waals surface area contributed by atoms with Crippen LogP contribution in [0.25, 0.3) is 32.3 Å². The zero-order valence-electron chi connectivity index (χ0n) is 17.4. The van der Waals surface area contributed by atoms with Crippen molar-refractivity contribution in [1.82, 2.24) is 0 Å². The molecule has 0 aliphatic carbocycles. The molecule has 0 bridgehead atoms.